The number of halogens is 2. The molecular weight excluding hydrogens is 649 g/mol. The summed E-state index contributed by atoms with van der Waals surface area (Å²) in [6.07, 6.45) is 6.46. The Labute approximate surface area is 282 Å². The second kappa shape index (κ2) is 23.8. The number of sulfonamides is 1. The molecule has 0 radical (unpaired) electrons. The van der Waals surface area contributed by atoms with Crippen LogP contribution in [0.1, 0.15) is 114 Å². The fourth-order valence-electron chi connectivity index (χ4n) is 4.20. The lowest BCUT2D eigenvalue weighted by atomic mass is 9.86. The zero-order chi connectivity index (χ0) is 34.0. The Hall–Kier alpha value is -0.500. The van der Waals surface area contributed by atoms with E-state index in [1.807, 2.05) is 20.8 Å². The van der Waals surface area contributed by atoms with E-state index in [0.29, 0.717) is 31.7 Å². The molecule has 0 heterocycles. The molecular formula is C30H63Cl2N3O7S2. The van der Waals surface area contributed by atoms with Gasteiger partial charge in [-0.3, -0.25) is 9.59 Å². The zero-order valence-electron chi connectivity index (χ0n) is 29.1. The largest absolute Gasteiger partial charge is 0.469 e. The molecule has 0 spiro atoms. The second-order valence-electron chi connectivity index (χ2n) is 12.9. The molecule has 0 aliphatic heterocycles. The van der Waals surface area contributed by atoms with Gasteiger partial charge in [-0.2, -0.15) is 0 Å². The van der Waals surface area contributed by atoms with Gasteiger partial charge in [0.05, 0.1) is 35.5 Å². The Balaban J connectivity index is -0.000000553. The number of hydrogen-bond donors (Lipinski definition) is 2. The highest BCUT2D eigenvalue weighted by molar-refractivity contribution is 8.09. The summed E-state index contributed by atoms with van der Waals surface area (Å²) in [4.78, 5) is 24.7. The highest BCUT2D eigenvalue weighted by atomic mass is 35.7. The molecule has 2 saturated carbocycles. The van der Waals surface area contributed by atoms with E-state index in [0.717, 1.165) is 25.7 Å². The summed E-state index contributed by atoms with van der Waals surface area (Å²) in [6, 6.07) is 0.242. The molecule has 0 aromatic rings. The standard InChI is InChI=1S/C12H23NO4S.C8H15NO2.C6H15N.C4H9ClOS.ClH/c1-12(2,3)18(15,16)13-10-7-5-9(6-8-10)11(14)17-4;1-11-8(10)6-2-4-7(9)5-3-6;1-4-7(5-2)6-3;1-4(2,3)7(5)6;/h9-10,13H,5-8H2,1-4H3;6-7H,2-5,9H2,1H3;4-6H2,1-3H3;1-3H3;1H. The number of rotatable bonds is 7. The first kappa shape index (κ1) is 47.9. The molecule has 1 atom stereocenters. The number of hydrogen-bond acceptors (Lipinski definition) is 9. The van der Waals surface area contributed by atoms with Gasteiger partial charge >= 0.3 is 11.9 Å². The molecule has 1 unspecified atom stereocenters. The van der Waals surface area contributed by atoms with Crippen molar-refractivity contribution in [1.29, 1.82) is 0 Å². The van der Waals surface area contributed by atoms with Crippen molar-refractivity contribution in [2.75, 3.05) is 33.9 Å². The molecule has 44 heavy (non-hydrogen) atoms. The van der Waals surface area contributed by atoms with Crippen molar-refractivity contribution in [3.05, 3.63) is 0 Å². The summed E-state index contributed by atoms with van der Waals surface area (Å²) in [5.74, 6) is -0.228. The fraction of sp³-hybridized carbons (Fsp3) is 0.933. The van der Waals surface area contributed by atoms with Crippen LogP contribution in [0.5, 0.6) is 0 Å². The van der Waals surface area contributed by atoms with Crippen LogP contribution in [-0.4, -0.2) is 84.9 Å². The molecule has 0 aromatic carbocycles. The Morgan fingerprint density at radius 2 is 1.14 bits per heavy atom. The lowest BCUT2D eigenvalue weighted by Crippen LogP contribution is -2.46. The number of nitrogens with one attached hydrogen (secondary N) is 1. The molecule has 2 aliphatic carbocycles. The van der Waals surface area contributed by atoms with Gasteiger partial charge in [0.2, 0.25) is 10.0 Å². The summed E-state index contributed by atoms with van der Waals surface area (Å²) in [5, 5.41) is 0. The third-order valence-electron chi connectivity index (χ3n) is 7.52. The van der Waals surface area contributed by atoms with E-state index in [-0.39, 0.29) is 47.0 Å². The van der Waals surface area contributed by atoms with E-state index >= 15 is 0 Å². The zero-order valence-corrected chi connectivity index (χ0v) is 32.3. The van der Waals surface area contributed by atoms with E-state index in [1.165, 1.54) is 33.9 Å². The first-order chi connectivity index (χ1) is 19.7. The van der Waals surface area contributed by atoms with Crippen LogP contribution in [0.4, 0.5) is 0 Å². The van der Waals surface area contributed by atoms with Crippen molar-refractivity contribution >= 4 is 55.1 Å². The molecule has 2 fully saturated rings. The topological polar surface area (TPSA) is 145 Å². The fourth-order valence-corrected chi connectivity index (χ4v) is 5.23. The Bertz CT molecular complexity index is 901. The Kier molecular flexibility index (Phi) is 25.9. The van der Waals surface area contributed by atoms with Crippen LogP contribution in [0.25, 0.3) is 0 Å². The highest BCUT2D eigenvalue weighted by Crippen LogP contribution is 2.27. The van der Waals surface area contributed by atoms with Gasteiger partial charge in [0.1, 0.15) is 10.0 Å². The van der Waals surface area contributed by atoms with Gasteiger partial charge in [-0.25, -0.2) is 17.3 Å². The molecule has 3 N–H and O–H groups in total. The van der Waals surface area contributed by atoms with Crippen LogP contribution in [0.3, 0.4) is 0 Å². The minimum absolute atomic E-state index is 0. The van der Waals surface area contributed by atoms with Crippen molar-refractivity contribution in [2.45, 2.75) is 135 Å². The lowest BCUT2D eigenvalue weighted by molar-refractivity contribution is -0.147. The average Bonchev–Trinajstić information content (AvgIpc) is 2.93. The first-order valence-electron chi connectivity index (χ1n) is 15.4. The SMILES string of the molecule is CC(C)(C)S(=O)Cl.CCN(CC)CC.COC(=O)C1CCC(N)CC1.COC(=O)C1CCC(NS(=O)(=O)C(C)(C)C)CC1.Cl. The minimum atomic E-state index is -3.31. The smallest absolute Gasteiger partial charge is 0.308 e. The van der Waals surface area contributed by atoms with E-state index < -0.39 is 24.8 Å². The van der Waals surface area contributed by atoms with Crippen LogP contribution in [0, 0.1) is 11.8 Å². The van der Waals surface area contributed by atoms with E-state index in [2.05, 4.69) is 35.1 Å². The second-order valence-corrected chi connectivity index (χ2v) is 17.9. The average molecular weight is 713 g/mol. The number of esters is 2. The number of ether oxygens (including phenoxy) is 2. The van der Waals surface area contributed by atoms with Crippen LogP contribution in [0.15, 0.2) is 0 Å². The third kappa shape index (κ3) is 20.6. The molecule has 0 amide bonds. The summed E-state index contributed by atoms with van der Waals surface area (Å²) in [7, 11) is 3.54. The van der Waals surface area contributed by atoms with Gasteiger partial charge in [0.25, 0.3) is 0 Å². The molecule has 14 heteroatoms. The van der Waals surface area contributed by atoms with Crippen molar-refractivity contribution < 1.29 is 31.7 Å². The van der Waals surface area contributed by atoms with Crippen molar-refractivity contribution in [1.82, 2.24) is 9.62 Å². The lowest BCUT2D eigenvalue weighted by Gasteiger charge is -2.30. The molecule has 10 nitrogen and oxygen atoms in total. The molecule has 266 valence electrons. The maximum Gasteiger partial charge on any atom is 0.308 e. The van der Waals surface area contributed by atoms with E-state index in [9.17, 15) is 22.2 Å². The quantitative estimate of drug-likeness (QED) is 0.256. The number of nitrogens with zero attached hydrogens (tertiary/aromatic N) is 1. The van der Waals surface area contributed by atoms with Gasteiger partial charge in [-0.05, 0) is 123 Å². The van der Waals surface area contributed by atoms with Gasteiger partial charge in [0.15, 0.2) is 0 Å². The van der Waals surface area contributed by atoms with E-state index in [1.54, 1.807) is 20.8 Å². The highest BCUT2D eigenvalue weighted by Gasteiger charge is 2.34. The van der Waals surface area contributed by atoms with Gasteiger partial charge < -0.3 is 20.1 Å². The Morgan fingerprint density at radius 1 is 0.818 bits per heavy atom. The predicted molar refractivity (Wildman–Crippen MR) is 186 cm³/mol. The van der Waals surface area contributed by atoms with Crippen LogP contribution in [-0.2, 0) is 39.1 Å². The van der Waals surface area contributed by atoms with Crippen LogP contribution < -0.4 is 10.5 Å². The molecule has 0 bridgehead atoms. The number of methoxy groups -OCH3 is 2. The third-order valence-corrected chi connectivity index (χ3v) is 12.1. The molecule has 2 aliphatic rings. The van der Waals surface area contributed by atoms with Crippen molar-refractivity contribution in [2.24, 2.45) is 17.6 Å². The maximum absolute atomic E-state index is 12.0. The molecule has 0 aromatic heterocycles. The van der Waals surface area contributed by atoms with Gasteiger partial charge in [-0.15, -0.1) is 12.4 Å². The Morgan fingerprint density at radius 3 is 1.36 bits per heavy atom. The summed E-state index contributed by atoms with van der Waals surface area (Å²) in [5.41, 5.74) is 5.69. The van der Waals surface area contributed by atoms with Gasteiger partial charge in [-0.1, -0.05) is 20.8 Å². The normalized spacial score (nSPS) is 22.7. The summed E-state index contributed by atoms with van der Waals surface area (Å²) in [6.45, 7) is 20.6. The molecule has 2 rings (SSSR count). The number of carbonyl (C=O) groups excluding carboxylic acids is 2. The first-order valence-corrected chi connectivity index (χ1v) is 18.9. The minimum Gasteiger partial charge on any atom is -0.469 e. The van der Waals surface area contributed by atoms with Crippen LogP contribution in [0.2, 0.25) is 0 Å². The number of carbonyl (C=O) groups is 2. The monoisotopic (exact) mass is 711 g/mol. The van der Waals surface area contributed by atoms with E-state index in [4.69, 9.17) is 21.2 Å². The van der Waals surface area contributed by atoms with Crippen LogP contribution >= 0.6 is 23.1 Å². The van der Waals surface area contributed by atoms with Gasteiger partial charge in [0, 0.05) is 12.1 Å². The van der Waals surface area contributed by atoms with Crippen molar-refractivity contribution in [3.8, 4) is 0 Å². The number of nitrogens with two attached hydrogens (primary N) is 1. The maximum atomic E-state index is 12.0. The predicted octanol–water partition coefficient (Wildman–Crippen LogP) is 5.57. The summed E-state index contributed by atoms with van der Waals surface area (Å²) < 4.78 is 45.3. The summed E-state index contributed by atoms with van der Waals surface area (Å²) >= 11 is 0. The molecule has 0 saturated heterocycles. The van der Waals surface area contributed by atoms with Crippen molar-refractivity contribution in [3.63, 3.8) is 0 Å².